The second-order valence-corrected chi connectivity index (χ2v) is 4.42. The molecule has 0 saturated heterocycles. The topological polar surface area (TPSA) is 75.3 Å². The minimum Gasteiger partial charge on any atom is -0.391 e. The van der Waals surface area contributed by atoms with E-state index in [2.05, 4.69) is 5.32 Å². The van der Waals surface area contributed by atoms with Gasteiger partial charge in [0.05, 0.1) is 12.1 Å². The van der Waals surface area contributed by atoms with E-state index >= 15 is 0 Å². The van der Waals surface area contributed by atoms with Crippen LogP contribution in [0, 0.1) is 5.92 Å². The van der Waals surface area contributed by atoms with Gasteiger partial charge in [0, 0.05) is 6.54 Å². The van der Waals surface area contributed by atoms with E-state index in [-0.39, 0.29) is 5.91 Å². The van der Waals surface area contributed by atoms with Crippen molar-refractivity contribution >= 4 is 5.91 Å². The number of nitrogens with one attached hydrogen (secondary N) is 1. The number of amides is 1. The van der Waals surface area contributed by atoms with Crippen LogP contribution in [0.25, 0.3) is 0 Å². The molecule has 0 aliphatic carbocycles. The summed E-state index contributed by atoms with van der Waals surface area (Å²) in [5.41, 5.74) is 5.68. The number of nitrogens with two attached hydrogens (primary N) is 1. The number of aliphatic hydroxyl groups excluding tert-OH is 1. The molecule has 4 nitrogen and oxygen atoms in total. The molecule has 4 N–H and O–H groups in total. The maximum Gasteiger partial charge on any atom is 0.237 e. The summed E-state index contributed by atoms with van der Waals surface area (Å²) in [6, 6.07) is -0.459. The van der Waals surface area contributed by atoms with Gasteiger partial charge in [-0.25, -0.2) is 0 Å². The molecule has 0 rings (SSSR count). The Kier molecular flexibility index (Phi) is 7.34. The van der Waals surface area contributed by atoms with Gasteiger partial charge in [-0.3, -0.25) is 4.79 Å². The standard InChI is InChI=1S/C11H24N2O2/c1-4-5-9(14)7-13-11(15)10(12)6-8(2)3/h8-10,14H,4-7,12H2,1-3H3,(H,13,15)/t9?,10-/m0/s1. The van der Waals surface area contributed by atoms with Crippen LogP contribution >= 0.6 is 0 Å². The summed E-state index contributed by atoms with van der Waals surface area (Å²) in [6.45, 7) is 6.35. The van der Waals surface area contributed by atoms with Gasteiger partial charge in [0.25, 0.3) is 0 Å². The third kappa shape index (κ3) is 7.33. The maximum absolute atomic E-state index is 11.4. The summed E-state index contributed by atoms with van der Waals surface area (Å²) < 4.78 is 0. The van der Waals surface area contributed by atoms with E-state index in [4.69, 9.17) is 5.73 Å². The second-order valence-electron chi connectivity index (χ2n) is 4.42. The predicted molar refractivity (Wildman–Crippen MR) is 61.4 cm³/mol. The Hall–Kier alpha value is -0.610. The average Bonchev–Trinajstić information content (AvgIpc) is 2.13. The highest BCUT2D eigenvalue weighted by Crippen LogP contribution is 2.02. The van der Waals surface area contributed by atoms with Crippen molar-refractivity contribution in [2.75, 3.05) is 6.54 Å². The van der Waals surface area contributed by atoms with E-state index in [0.29, 0.717) is 25.3 Å². The van der Waals surface area contributed by atoms with Gasteiger partial charge < -0.3 is 16.2 Å². The molecule has 15 heavy (non-hydrogen) atoms. The van der Waals surface area contributed by atoms with E-state index in [1.165, 1.54) is 0 Å². The monoisotopic (exact) mass is 216 g/mol. The molecule has 2 atom stereocenters. The number of rotatable bonds is 7. The van der Waals surface area contributed by atoms with Crippen molar-refractivity contribution in [1.82, 2.24) is 5.32 Å². The Bertz CT molecular complexity index is 183. The van der Waals surface area contributed by atoms with Crippen LogP contribution in [-0.4, -0.2) is 29.7 Å². The first-order valence-electron chi connectivity index (χ1n) is 5.68. The molecule has 0 radical (unpaired) electrons. The second kappa shape index (κ2) is 7.65. The maximum atomic E-state index is 11.4. The lowest BCUT2D eigenvalue weighted by Crippen LogP contribution is -2.44. The summed E-state index contributed by atoms with van der Waals surface area (Å²) >= 11 is 0. The normalized spacial score (nSPS) is 15.1. The van der Waals surface area contributed by atoms with Crippen molar-refractivity contribution in [2.24, 2.45) is 11.7 Å². The van der Waals surface area contributed by atoms with Gasteiger partial charge in [0.1, 0.15) is 0 Å². The molecule has 0 fully saturated rings. The van der Waals surface area contributed by atoms with Crippen LogP contribution in [0.2, 0.25) is 0 Å². The Labute approximate surface area is 92.2 Å². The zero-order chi connectivity index (χ0) is 11.8. The first kappa shape index (κ1) is 14.4. The number of hydrogen-bond acceptors (Lipinski definition) is 3. The molecule has 0 aliphatic heterocycles. The minimum absolute atomic E-state index is 0.168. The molecule has 4 heteroatoms. The van der Waals surface area contributed by atoms with Gasteiger partial charge >= 0.3 is 0 Å². The van der Waals surface area contributed by atoms with Crippen LogP contribution in [0.5, 0.6) is 0 Å². The molecule has 0 heterocycles. The van der Waals surface area contributed by atoms with E-state index in [1.54, 1.807) is 0 Å². The minimum atomic E-state index is -0.459. The quantitative estimate of drug-likeness (QED) is 0.584. The van der Waals surface area contributed by atoms with Crippen LogP contribution in [0.15, 0.2) is 0 Å². The fraction of sp³-hybridized carbons (Fsp3) is 0.909. The SMILES string of the molecule is CCCC(O)CNC(=O)[C@@H](N)CC(C)C. The number of hydrogen-bond donors (Lipinski definition) is 3. The zero-order valence-corrected chi connectivity index (χ0v) is 9.99. The molecule has 0 spiro atoms. The lowest BCUT2D eigenvalue weighted by atomic mass is 10.0. The van der Waals surface area contributed by atoms with Crippen molar-refractivity contribution in [3.8, 4) is 0 Å². The molecule has 0 saturated carbocycles. The van der Waals surface area contributed by atoms with Crippen LogP contribution in [-0.2, 0) is 4.79 Å². The fourth-order valence-electron chi connectivity index (χ4n) is 1.40. The Morgan fingerprint density at radius 1 is 1.47 bits per heavy atom. The van der Waals surface area contributed by atoms with Gasteiger partial charge in [-0.15, -0.1) is 0 Å². The highest BCUT2D eigenvalue weighted by atomic mass is 16.3. The van der Waals surface area contributed by atoms with Gasteiger partial charge in [-0.1, -0.05) is 27.2 Å². The summed E-state index contributed by atoms with van der Waals surface area (Å²) in [5, 5.41) is 12.1. The highest BCUT2D eigenvalue weighted by Gasteiger charge is 2.15. The molecule has 0 aromatic carbocycles. The van der Waals surface area contributed by atoms with Crippen LogP contribution in [0.4, 0.5) is 0 Å². The number of carbonyl (C=O) groups excluding carboxylic acids is 1. The molecule has 0 bridgehead atoms. The van der Waals surface area contributed by atoms with Crippen molar-refractivity contribution in [2.45, 2.75) is 52.2 Å². The zero-order valence-electron chi connectivity index (χ0n) is 9.99. The van der Waals surface area contributed by atoms with E-state index < -0.39 is 12.1 Å². The predicted octanol–water partition coefficient (Wildman–Crippen LogP) is 0.637. The first-order valence-corrected chi connectivity index (χ1v) is 5.68. The molecule has 1 amide bonds. The van der Waals surface area contributed by atoms with E-state index in [9.17, 15) is 9.90 Å². The summed E-state index contributed by atoms with van der Waals surface area (Å²) in [7, 11) is 0. The highest BCUT2D eigenvalue weighted by molar-refractivity contribution is 5.81. The molecule has 1 unspecified atom stereocenters. The lowest BCUT2D eigenvalue weighted by Gasteiger charge is -2.16. The molecule has 0 aromatic heterocycles. The molecular weight excluding hydrogens is 192 g/mol. The molecule has 0 aliphatic rings. The Balaban J connectivity index is 3.72. The lowest BCUT2D eigenvalue weighted by molar-refractivity contribution is -0.123. The Morgan fingerprint density at radius 2 is 2.07 bits per heavy atom. The van der Waals surface area contributed by atoms with Crippen LogP contribution in [0.1, 0.15) is 40.0 Å². The number of aliphatic hydroxyl groups is 1. The van der Waals surface area contributed by atoms with Crippen LogP contribution in [0.3, 0.4) is 0 Å². The van der Waals surface area contributed by atoms with Gasteiger partial charge in [0.15, 0.2) is 0 Å². The van der Waals surface area contributed by atoms with Crippen molar-refractivity contribution in [3.05, 3.63) is 0 Å². The third-order valence-electron chi connectivity index (χ3n) is 2.20. The summed E-state index contributed by atoms with van der Waals surface area (Å²) in [4.78, 5) is 11.4. The van der Waals surface area contributed by atoms with E-state index in [1.807, 2.05) is 20.8 Å². The smallest absolute Gasteiger partial charge is 0.237 e. The summed E-state index contributed by atoms with van der Waals surface area (Å²) in [5.74, 6) is 0.241. The third-order valence-corrected chi connectivity index (χ3v) is 2.20. The van der Waals surface area contributed by atoms with Gasteiger partial charge in [-0.2, -0.15) is 0 Å². The van der Waals surface area contributed by atoms with Crippen molar-refractivity contribution in [1.29, 1.82) is 0 Å². The van der Waals surface area contributed by atoms with Crippen LogP contribution < -0.4 is 11.1 Å². The Morgan fingerprint density at radius 3 is 2.53 bits per heavy atom. The average molecular weight is 216 g/mol. The van der Waals surface area contributed by atoms with E-state index in [0.717, 1.165) is 6.42 Å². The van der Waals surface area contributed by atoms with Gasteiger partial charge in [-0.05, 0) is 18.8 Å². The molecule has 0 aromatic rings. The van der Waals surface area contributed by atoms with Crippen molar-refractivity contribution in [3.63, 3.8) is 0 Å². The van der Waals surface area contributed by atoms with Gasteiger partial charge in [0.2, 0.25) is 5.91 Å². The number of carbonyl (C=O) groups is 1. The van der Waals surface area contributed by atoms with Crippen molar-refractivity contribution < 1.29 is 9.90 Å². The first-order chi connectivity index (χ1) is 6.97. The molecular formula is C11H24N2O2. The molecule has 90 valence electrons. The largest absolute Gasteiger partial charge is 0.391 e. The summed E-state index contributed by atoms with van der Waals surface area (Å²) in [6.07, 6.45) is 1.84. The fourth-order valence-corrected chi connectivity index (χ4v) is 1.40.